The van der Waals surface area contributed by atoms with Crippen molar-refractivity contribution in [3.63, 3.8) is 0 Å². The molecule has 0 radical (unpaired) electrons. The van der Waals surface area contributed by atoms with Gasteiger partial charge in [-0.3, -0.25) is 9.59 Å². The molecule has 2 aliphatic rings. The van der Waals surface area contributed by atoms with E-state index in [4.69, 9.17) is 0 Å². The van der Waals surface area contributed by atoms with Crippen molar-refractivity contribution in [1.82, 2.24) is 9.80 Å². The lowest BCUT2D eigenvalue weighted by Gasteiger charge is -2.31. The largest absolute Gasteiger partial charge is 0.341 e. The van der Waals surface area contributed by atoms with Crippen molar-refractivity contribution in [1.29, 1.82) is 0 Å². The van der Waals surface area contributed by atoms with Gasteiger partial charge in [0, 0.05) is 32.1 Å². The average molecular weight is 270 g/mol. The number of thioether (sulfide) groups is 1. The highest BCUT2D eigenvalue weighted by Gasteiger charge is 2.30. The van der Waals surface area contributed by atoms with Gasteiger partial charge >= 0.3 is 0 Å². The highest BCUT2D eigenvalue weighted by atomic mass is 32.2. The lowest BCUT2D eigenvalue weighted by molar-refractivity contribution is -0.138. The minimum atomic E-state index is 0.209. The quantitative estimate of drug-likeness (QED) is 0.774. The van der Waals surface area contributed by atoms with Crippen LogP contribution in [0.2, 0.25) is 0 Å². The number of rotatable bonds is 3. The molecule has 0 atom stereocenters. The van der Waals surface area contributed by atoms with Crippen molar-refractivity contribution >= 4 is 23.6 Å². The van der Waals surface area contributed by atoms with Crippen LogP contribution in [0.4, 0.5) is 0 Å². The van der Waals surface area contributed by atoms with E-state index in [0.717, 1.165) is 38.9 Å². The first-order chi connectivity index (χ1) is 8.72. The van der Waals surface area contributed by atoms with Gasteiger partial charge in [-0.25, -0.2) is 0 Å². The molecule has 0 bridgehead atoms. The maximum atomic E-state index is 12.2. The van der Waals surface area contributed by atoms with Crippen LogP contribution < -0.4 is 0 Å². The van der Waals surface area contributed by atoms with Crippen LogP contribution in [0.25, 0.3) is 0 Å². The molecule has 2 amide bonds. The minimum Gasteiger partial charge on any atom is -0.341 e. The average Bonchev–Trinajstić information content (AvgIpc) is 2.52. The molecule has 18 heavy (non-hydrogen) atoms. The van der Waals surface area contributed by atoms with Crippen LogP contribution in [0.3, 0.4) is 0 Å². The first-order valence-electron chi connectivity index (χ1n) is 6.78. The number of nitrogens with zero attached hydrogens (tertiary/aromatic N) is 2. The van der Waals surface area contributed by atoms with E-state index in [1.165, 1.54) is 6.42 Å². The Balaban J connectivity index is 1.83. The van der Waals surface area contributed by atoms with E-state index in [-0.39, 0.29) is 11.8 Å². The summed E-state index contributed by atoms with van der Waals surface area (Å²) in [6.45, 7) is 3.04. The number of hydrogen-bond acceptors (Lipinski definition) is 3. The summed E-state index contributed by atoms with van der Waals surface area (Å²) in [5, 5.41) is 0. The normalized spacial score (nSPS) is 21.4. The Morgan fingerprint density at radius 3 is 2.33 bits per heavy atom. The molecule has 4 nitrogen and oxygen atoms in total. The van der Waals surface area contributed by atoms with Gasteiger partial charge in [0.25, 0.3) is 0 Å². The highest BCUT2D eigenvalue weighted by Crippen LogP contribution is 2.28. The van der Waals surface area contributed by atoms with E-state index in [1.54, 1.807) is 11.8 Å². The molecular formula is C13H22N2O2S. The molecule has 1 saturated heterocycles. The third kappa shape index (κ3) is 3.19. The van der Waals surface area contributed by atoms with Crippen molar-refractivity contribution in [2.45, 2.75) is 25.7 Å². The zero-order valence-electron chi connectivity index (χ0n) is 11.1. The second kappa shape index (κ2) is 6.45. The van der Waals surface area contributed by atoms with Gasteiger partial charge in [0.1, 0.15) is 0 Å². The van der Waals surface area contributed by atoms with Crippen molar-refractivity contribution in [3.8, 4) is 0 Å². The molecule has 0 aromatic carbocycles. The van der Waals surface area contributed by atoms with Gasteiger partial charge in [-0.2, -0.15) is 11.8 Å². The van der Waals surface area contributed by atoms with Gasteiger partial charge in [0.05, 0.1) is 5.75 Å². The van der Waals surface area contributed by atoms with Crippen LogP contribution in [0.15, 0.2) is 0 Å². The lowest BCUT2D eigenvalue weighted by atomic mass is 9.84. The fourth-order valence-corrected chi connectivity index (χ4v) is 2.94. The van der Waals surface area contributed by atoms with Gasteiger partial charge in [-0.1, -0.05) is 6.42 Å². The Labute approximate surface area is 113 Å². The molecule has 1 aliphatic heterocycles. The highest BCUT2D eigenvalue weighted by molar-refractivity contribution is 7.99. The molecule has 1 aliphatic carbocycles. The Morgan fingerprint density at radius 2 is 1.72 bits per heavy atom. The molecule has 0 aromatic heterocycles. The smallest absolute Gasteiger partial charge is 0.232 e. The number of amides is 2. The van der Waals surface area contributed by atoms with Gasteiger partial charge in [-0.15, -0.1) is 0 Å². The Bertz CT molecular complexity index is 318. The van der Waals surface area contributed by atoms with Crippen molar-refractivity contribution < 1.29 is 9.59 Å². The van der Waals surface area contributed by atoms with Crippen molar-refractivity contribution in [2.75, 3.05) is 38.2 Å². The van der Waals surface area contributed by atoms with Gasteiger partial charge in [-0.05, 0) is 25.5 Å². The summed E-state index contributed by atoms with van der Waals surface area (Å²) in [5.41, 5.74) is 0. The van der Waals surface area contributed by atoms with Crippen molar-refractivity contribution in [2.24, 2.45) is 5.92 Å². The third-order valence-electron chi connectivity index (χ3n) is 3.88. The van der Waals surface area contributed by atoms with Crippen LogP contribution in [0.1, 0.15) is 25.7 Å². The summed E-state index contributed by atoms with van der Waals surface area (Å²) in [4.78, 5) is 27.9. The topological polar surface area (TPSA) is 40.6 Å². The zero-order chi connectivity index (χ0) is 13.0. The fourth-order valence-electron chi connectivity index (χ4n) is 2.52. The van der Waals surface area contributed by atoms with Gasteiger partial charge < -0.3 is 9.80 Å². The predicted molar refractivity (Wildman–Crippen MR) is 73.5 cm³/mol. The van der Waals surface area contributed by atoms with Crippen LogP contribution >= 0.6 is 11.8 Å². The van der Waals surface area contributed by atoms with E-state index < -0.39 is 0 Å². The summed E-state index contributed by atoms with van der Waals surface area (Å²) in [6, 6.07) is 0. The summed E-state index contributed by atoms with van der Waals surface area (Å²) < 4.78 is 0. The Kier molecular flexibility index (Phi) is 4.92. The first kappa shape index (κ1) is 13.7. The summed E-state index contributed by atoms with van der Waals surface area (Å²) in [5.74, 6) is 1.36. The number of carbonyl (C=O) groups excluding carboxylic acids is 2. The maximum Gasteiger partial charge on any atom is 0.232 e. The predicted octanol–water partition coefficient (Wildman–Crippen LogP) is 1.21. The van der Waals surface area contributed by atoms with Crippen LogP contribution in [0, 0.1) is 5.92 Å². The molecule has 1 heterocycles. The van der Waals surface area contributed by atoms with E-state index in [2.05, 4.69) is 0 Å². The number of carbonyl (C=O) groups is 2. The van der Waals surface area contributed by atoms with E-state index in [0.29, 0.717) is 18.2 Å². The van der Waals surface area contributed by atoms with Crippen LogP contribution in [0.5, 0.6) is 0 Å². The van der Waals surface area contributed by atoms with E-state index in [1.807, 2.05) is 16.1 Å². The molecule has 1 saturated carbocycles. The Hall–Kier alpha value is -0.710. The first-order valence-corrected chi connectivity index (χ1v) is 8.17. The van der Waals surface area contributed by atoms with Gasteiger partial charge in [0.15, 0.2) is 0 Å². The third-order valence-corrected chi connectivity index (χ3v) is 4.42. The molecule has 0 N–H and O–H groups in total. The van der Waals surface area contributed by atoms with Crippen LogP contribution in [-0.4, -0.2) is 59.8 Å². The van der Waals surface area contributed by atoms with Crippen LogP contribution in [-0.2, 0) is 9.59 Å². The maximum absolute atomic E-state index is 12.2. The summed E-state index contributed by atoms with van der Waals surface area (Å²) in [7, 11) is 0. The fraction of sp³-hybridized carbons (Fsp3) is 0.846. The van der Waals surface area contributed by atoms with Crippen molar-refractivity contribution in [3.05, 3.63) is 0 Å². The monoisotopic (exact) mass is 270 g/mol. The molecule has 102 valence electrons. The standard InChI is InChI=1S/C13H22N2O2S/c1-18-10-12(16)14-6-3-7-15(9-8-14)13(17)11-4-2-5-11/h11H,2-10H2,1H3. The van der Waals surface area contributed by atoms with E-state index in [9.17, 15) is 9.59 Å². The molecule has 2 fully saturated rings. The minimum absolute atomic E-state index is 0.209. The molecule has 0 spiro atoms. The number of hydrogen-bond donors (Lipinski definition) is 0. The molecule has 2 rings (SSSR count). The molecule has 5 heteroatoms. The molecular weight excluding hydrogens is 248 g/mol. The Morgan fingerprint density at radius 1 is 1.06 bits per heavy atom. The SMILES string of the molecule is CSCC(=O)N1CCCN(C(=O)C2CCC2)CC1. The molecule has 0 aromatic rings. The summed E-state index contributed by atoms with van der Waals surface area (Å²) >= 11 is 1.56. The van der Waals surface area contributed by atoms with E-state index >= 15 is 0 Å². The molecule has 0 unspecified atom stereocenters. The lowest BCUT2D eigenvalue weighted by Crippen LogP contribution is -2.41. The zero-order valence-corrected chi connectivity index (χ0v) is 11.9. The second-order valence-corrected chi connectivity index (χ2v) is 5.99. The second-order valence-electron chi connectivity index (χ2n) is 5.12. The summed E-state index contributed by atoms with van der Waals surface area (Å²) in [6.07, 6.45) is 6.18. The van der Waals surface area contributed by atoms with Gasteiger partial charge in [0.2, 0.25) is 11.8 Å².